The van der Waals surface area contributed by atoms with Crippen LogP contribution >= 0.6 is 0 Å². The Bertz CT molecular complexity index is 1450. The topological polar surface area (TPSA) is 211 Å². The lowest BCUT2D eigenvalue weighted by Gasteiger charge is -2.09. The van der Waals surface area contributed by atoms with Crippen LogP contribution < -0.4 is 16.4 Å². The number of hydrazone groups is 1. The van der Waals surface area contributed by atoms with E-state index in [1.165, 1.54) is 18.2 Å². The van der Waals surface area contributed by atoms with Crippen molar-refractivity contribution in [3.8, 4) is 0 Å². The van der Waals surface area contributed by atoms with Gasteiger partial charge < -0.3 is 20.4 Å². The molecule has 0 spiro atoms. The van der Waals surface area contributed by atoms with Crippen LogP contribution in [0.15, 0.2) is 51.2 Å². The summed E-state index contributed by atoms with van der Waals surface area (Å²) in [6.45, 7) is 1.06. The van der Waals surface area contributed by atoms with Crippen molar-refractivity contribution >= 4 is 55.9 Å². The van der Waals surface area contributed by atoms with E-state index in [4.69, 9.17) is 4.55 Å². The molecule has 0 atom stereocenters. The number of nitrogens with one attached hydrogen (secondary N) is 4. The lowest BCUT2D eigenvalue weighted by molar-refractivity contribution is -0.114. The van der Waals surface area contributed by atoms with Crippen molar-refractivity contribution in [1.82, 2.24) is 9.97 Å². The molecule has 1 heterocycles. The molecule has 13 nitrogen and oxygen atoms in total. The Morgan fingerprint density at radius 3 is 2.34 bits per heavy atom. The summed E-state index contributed by atoms with van der Waals surface area (Å²) in [5.74, 6) is -3.22. The van der Waals surface area contributed by atoms with Crippen LogP contribution in [0, 0.1) is 0 Å². The zero-order chi connectivity index (χ0) is 23.6. The van der Waals surface area contributed by atoms with E-state index in [0.29, 0.717) is 17.1 Å². The number of amides is 1. The van der Waals surface area contributed by atoms with E-state index in [1.54, 1.807) is 0 Å². The zero-order valence-corrected chi connectivity index (χ0v) is 17.0. The molecule has 166 valence electrons. The SMILES string of the molecule is CC(=O)/C(=N/Nc1ccc(S(=O)(=O)O)cc1C(=O)O)C(=O)Nc1ccc2[nH]c(=O)[nH]c2c1. The molecule has 0 saturated carbocycles. The molecule has 3 aromatic rings. The first-order chi connectivity index (χ1) is 15.0. The molecule has 0 aliphatic heterocycles. The first-order valence-corrected chi connectivity index (χ1v) is 10.1. The van der Waals surface area contributed by atoms with Crippen molar-refractivity contribution in [2.24, 2.45) is 5.10 Å². The summed E-state index contributed by atoms with van der Waals surface area (Å²) in [5.41, 5.74) is 1.56. The molecule has 32 heavy (non-hydrogen) atoms. The predicted molar refractivity (Wildman–Crippen MR) is 113 cm³/mol. The molecular formula is C18H15N5O8S. The van der Waals surface area contributed by atoms with Gasteiger partial charge in [0.1, 0.15) is 0 Å². The third kappa shape index (κ3) is 4.88. The lowest BCUT2D eigenvalue weighted by atomic mass is 10.2. The number of anilines is 2. The molecule has 14 heteroatoms. The zero-order valence-electron chi connectivity index (χ0n) is 16.2. The summed E-state index contributed by atoms with van der Waals surface area (Å²) >= 11 is 0. The average Bonchev–Trinajstić information content (AvgIpc) is 3.06. The van der Waals surface area contributed by atoms with Crippen molar-refractivity contribution < 1.29 is 32.5 Å². The molecule has 3 rings (SSSR count). The average molecular weight is 461 g/mol. The lowest BCUT2D eigenvalue weighted by Crippen LogP contribution is -2.29. The molecular weight excluding hydrogens is 446 g/mol. The van der Waals surface area contributed by atoms with Gasteiger partial charge in [0, 0.05) is 12.6 Å². The number of aromatic amines is 2. The summed E-state index contributed by atoms with van der Waals surface area (Å²) in [6, 6.07) is 7.07. The highest BCUT2D eigenvalue weighted by Gasteiger charge is 2.20. The number of aromatic nitrogens is 2. The van der Waals surface area contributed by atoms with Crippen LogP contribution in [-0.4, -0.2) is 51.4 Å². The highest BCUT2D eigenvalue weighted by Crippen LogP contribution is 2.21. The second kappa shape index (κ2) is 8.44. The van der Waals surface area contributed by atoms with Crippen molar-refractivity contribution in [2.75, 3.05) is 10.7 Å². The van der Waals surface area contributed by atoms with Crippen LogP contribution in [0.2, 0.25) is 0 Å². The van der Waals surface area contributed by atoms with Gasteiger partial charge in [0.05, 0.1) is 27.2 Å². The summed E-state index contributed by atoms with van der Waals surface area (Å²) < 4.78 is 31.5. The largest absolute Gasteiger partial charge is 0.478 e. The van der Waals surface area contributed by atoms with Gasteiger partial charge in [-0.2, -0.15) is 13.5 Å². The van der Waals surface area contributed by atoms with Gasteiger partial charge in [-0.15, -0.1) is 0 Å². The fourth-order valence-electron chi connectivity index (χ4n) is 2.66. The van der Waals surface area contributed by atoms with Gasteiger partial charge in [-0.3, -0.25) is 19.6 Å². The standard InChI is InChI=1S/C18H15N5O8S/c1-8(24)15(16(25)19-9-2-4-13-14(6-9)21-18(28)20-13)23-22-12-5-3-10(32(29,30)31)7-11(12)17(26)27/h2-7,22H,1H3,(H,19,25)(H,26,27)(H2,20,21,28)(H,29,30,31)/b23-15-. The van der Waals surface area contributed by atoms with Gasteiger partial charge in [-0.25, -0.2) is 9.59 Å². The van der Waals surface area contributed by atoms with Gasteiger partial charge in [0.2, 0.25) is 0 Å². The van der Waals surface area contributed by atoms with Crippen molar-refractivity contribution in [1.29, 1.82) is 0 Å². The van der Waals surface area contributed by atoms with Crippen LogP contribution in [0.4, 0.5) is 11.4 Å². The number of fused-ring (bicyclic) bond motifs is 1. The number of carboxylic acids is 1. The second-order valence-corrected chi connectivity index (χ2v) is 7.83. The summed E-state index contributed by atoms with van der Waals surface area (Å²) in [5, 5.41) is 15.4. The first kappa shape index (κ1) is 22.4. The Kier molecular flexibility index (Phi) is 5.91. The van der Waals surface area contributed by atoms with E-state index in [9.17, 15) is 32.7 Å². The van der Waals surface area contributed by atoms with Crippen molar-refractivity contribution in [3.63, 3.8) is 0 Å². The van der Waals surface area contributed by atoms with Gasteiger partial charge in [-0.05, 0) is 36.4 Å². The number of hydrogen-bond acceptors (Lipinski definition) is 8. The van der Waals surface area contributed by atoms with Gasteiger partial charge >= 0.3 is 11.7 Å². The molecule has 2 aromatic carbocycles. The fourth-order valence-corrected chi connectivity index (χ4v) is 3.17. The number of rotatable bonds is 7. The third-order valence-electron chi connectivity index (χ3n) is 4.13. The van der Waals surface area contributed by atoms with Gasteiger partial charge in [0.15, 0.2) is 11.5 Å². The number of nitrogens with zero attached hydrogens (tertiary/aromatic N) is 1. The molecule has 1 amide bonds. The molecule has 0 unspecified atom stereocenters. The molecule has 0 fully saturated rings. The van der Waals surface area contributed by atoms with E-state index in [-0.39, 0.29) is 11.4 Å². The number of carboxylic acid groups (broad SMARTS) is 1. The number of benzene rings is 2. The molecule has 1 aromatic heterocycles. The summed E-state index contributed by atoms with van der Waals surface area (Å²) in [4.78, 5) is 51.6. The number of carbonyl (C=O) groups is 3. The Morgan fingerprint density at radius 1 is 1.03 bits per heavy atom. The molecule has 0 radical (unpaired) electrons. The van der Waals surface area contributed by atoms with Crippen LogP contribution in [0.25, 0.3) is 11.0 Å². The van der Waals surface area contributed by atoms with Crippen molar-refractivity contribution in [3.05, 3.63) is 52.4 Å². The van der Waals surface area contributed by atoms with Gasteiger partial charge in [-0.1, -0.05) is 0 Å². The van der Waals surface area contributed by atoms with Crippen LogP contribution in [0.3, 0.4) is 0 Å². The highest BCUT2D eigenvalue weighted by atomic mass is 32.2. The molecule has 0 bridgehead atoms. The van der Waals surface area contributed by atoms with Crippen molar-refractivity contribution in [2.45, 2.75) is 11.8 Å². The van der Waals surface area contributed by atoms with E-state index in [0.717, 1.165) is 19.1 Å². The minimum atomic E-state index is -4.65. The maximum absolute atomic E-state index is 12.5. The predicted octanol–water partition coefficient (Wildman–Crippen LogP) is 0.797. The fraction of sp³-hybridized carbons (Fsp3) is 0.0556. The Morgan fingerprint density at radius 2 is 1.72 bits per heavy atom. The summed E-state index contributed by atoms with van der Waals surface area (Å²) in [7, 11) is -4.65. The van der Waals surface area contributed by atoms with Crippen LogP contribution in [-0.2, 0) is 19.7 Å². The van der Waals surface area contributed by atoms with E-state index >= 15 is 0 Å². The normalized spacial score (nSPS) is 11.9. The van der Waals surface area contributed by atoms with E-state index in [2.05, 4.69) is 25.8 Å². The summed E-state index contributed by atoms with van der Waals surface area (Å²) in [6.07, 6.45) is 0. The Hall–Kier alpha value is -4.30. The first-order valence-electron chi connectivity index (χ1n) is 8.68. The third-order valence-corrected chi connectivity index (χ3v) is 4.98. The molecule has 0 aliphatic rings. The van der Waals surface area contributed by atoms with Crippen LogP contribution in [0.1, 0.15) is 17.3 Å². The quantitative estimate of drug-likeness (QED) is 0.127. The number of hydrogen-bond donors (Lipinski definition) is 6. The monoisotopic (exact) mass is 461 g/mol. The second-order valence-electron chi connectivity index (χ2n) is 6.41. The number of imidazole rings is 1. The molecule has 6 N–H and O–H groups in total. The van der Waals surface area contributed by atoms with Crippen LogP contribution in [0.5, 0.6) is 0 Å². The highest BCUT2D eigenvalue weighted by molar-refractivity contribution is 7.85. The smallest absolute Gasteiger partial charge is 0.337 e. The maximum Gasteiger partial charge on any atom is 0.337 e. The van der Waals surface area contributed by atoms with E-state index < -0.39 is 49.6 Å². The Labute approximate surface area is 178 Å². The minimum absolute atomic E-state index is 0.234. The molecule has 0 saturated heterocycles. The number of ketones is 1. The minimum Gasteiger partial charge on any atom is -0.478 e. The van der Waals surface area contributed by atoms with E-state index in [1.807, 2.05) is 0 Å². The number of H-pyrrole nitrogens is 2. The Balaban J connectivity index is 1.88. The molecule has 0 aliphatic carbocycles. The number of aromatic carboxylic acids is 1. The number of Topliss-reactive ketones (excluding diaryl/α,β-unsaturated/α-hetero) is 1. The van der Waals surface area contributed by atoms with Gasteiger partial charge in [0.25, 0.3) is 16.0 Å². The number of carbonyl (C=O) groups excluding carboxylic acids is 2. The maximum atomic E-state index is 12.5.